The van der Waals surface area contributed by atoms with Crippen molar-refractivity contribution in [3.05, 3.63) is 38.8 Å². The Hall–Kier alpha value is -1.48. The summed E-state index contributed by atoms with van der Waals surface area (Å²) in [5, 5.41) is 1.86. The predicted molar refractivity (Wildman–Crippen MR) is 90.5 cm³/mol. The molecule has 2 amide bonds. The lowest BCUT2D eigenvalue weighted by molar-refractivity contribution is -0.115. The Morgan fingerprint density at radius 3 is 2.76 bits per heavy atom. The normalized spacial score (nSPS) is 16.0. The molecule has 1 saturated heterocycles. The highest BCUT2D eigenvalue weighted by molar-refractivity contribution is 14.1. The van der Waals surface area contributed by atoms with E-state index in [1.807, 2.05) is 6.07 Å². The van der Waals surface area contributed by atoms with Gasteiger partial charge in [0.25, 0.3) is 11.1 Å². The zero-order chi connectivity index (χ0) is 15.4. The minimum atomic E-state index is -0.383. The topological polar surface area (TPSA) is 64.6 Å². The average molecular weight is 417 g/mol. The molecule has 1 N–H and O–H groups in total. The molecular formula is C14H12INO4S. The quantitative estimate of drug-likeness (QED) is 0.453. The van der Waals surface area contributed by atoms with Crippen LogP contribution in [-0.4, -0.2) is 24.9 Å². The standard InChI is InChI=1S/C14H12INO4S/c1-3-4-20-12-9(15)5-8(6-10(12)19-2)7-11-13(17)16-14(18)21-11/h3,5-7H,1,4H2,2H3,(H,16,17,18)/b11-7-. The van der Waals surface area contributed by atoms with E-state index in [9.17, 15) is 9.59 Å². The molecule has 1 aliphatic rings. The first-order valence-electron chi connectivity index (χ1n) is 5.91. The average Bonchev–Trinajstić information content (AvgIpc) is 2.75. The van der Waals surface area contributed by atoms with E-state index in [1.54, 1.807) is 25.3 Å². The molecule has 0 bridgehead atoms. The second-order valence-corrected chi connectivity index (χ2v) is 6.16. The highest BCUT2D eigenvalue weighted by atomic mass is 127. The van der Waals surface area contributed by atoms with Crippen molar-refractivity contribution in [2.45, 2.75) is 0 Å². The van der Waals surface area contributed by atoms with E-state index >= 15 is 0 Å². The van der Waals surface area contributed by atoms with E-state index in [2.05, 4.69) is 34.5 Å². The summed E-state index contributed by atoms with van der Waals surface area (Å²) in [6.07, 6.45) is 3.30. The molecule has 0 saturated carbocycles. The van der Waals surface area contributed by atoms with Crippen LogP contribution < -0.4 is 14.8 Å². The van der Waals surface area contributed by atoms with Crippen molar-refractivity contribution in [1.82, 2.24) is 5.32 Å². The second-order valence-electron chi connectivity index (χ2n) is 3.99. The van der Waals surface area contributed by atoms with E-state index in [1.165, 1.54) is 0 Å². The van der Waals surface area contributed by atoms with Gasteiger partial charge in [0, 0.05) is 0 Å². The van der Waals surface area contributed by atoms with Gasteiger partial charge in [-0.05, 0) is 58.1 Å². The third-order valence-electron chi connectivity index (χ3n) is 2.54. The summed E-state index contributed by atoms with van der Waals surface area (Å²) in [6, 6.07) is 3.61. The lowest BCUT2D eigenvalue weighted by Gasteiger charge is -2.12. The SMILES string of the molecule is C=CCOc1c(I)cc(/C=C2\SC(=O)NC2=O)cc1OC. The number of nitrogens with one attached hydrogen (secondary N) is 1. The lowest BCUT2D eigenvalue weighted by atomic mass is 10.2. The number of imide groups is 1. The summed E-state index contributed by atoms with van der Waals surface area (Å²) >= 11 is 3.01. The van der Waals surface area contributed by atoms with Gasteiger partial charge in [0.1, 0.15) is 6.61 Å². The molecule has 1 aromatic rings. The summed E-state index contributed by atoms with van der Waals surface area (Å²) in [5.41, 5.74) is 0.759. The van der Waals surface area contributed by atoms with Crippen LogP contribution in [0.15, 0.2) is 29.7 Å². The summed E-state index contributed by atoms with van der Waals surface area (Å²) in [5.74, 6) is 0.802. The zero-order valence-electron chi connectivity index (χ0n) is 11.1. The van der Waals surface area contributed by atoms with Crippen molar-refractivity contribution in [1.29, 1.82) is 0 Å². The van der Waals surface area contributed by atoms with Crippen molar-refractivity contribution in [3.8, 4) is 11.5 Å². The van der Waals surface area contributed by atoms with Crippen molar-refractivity contribution in [2.24, 2.45) is 0 Å². The molecule has 0 radical (unpaired) electrons. The first-order chi connectivity index (χ1) is 10.0. The number of thioether (sulfide) groups is 1. The van der Waals surface area contributed by atoms with E-state index in [4.69, 9.17) is 9.47 Å². The van der Waals surface area contributed by atoms with Crippen molar-refractivity contribution < 1.29 is 19.1 Å². The van der Waals surface area contributed by atoms with Crippen LogP contribution in [0, 0.1) is 3.57 Å². The summed E-state index contributed by atoms with van der Waals surface area (Å²) in [6.45, 7) is 3.98. The van der Waals surface area contributed by atoms with Gasteiger partial charge in [0.2, 0.25) is 0 Å². The summed E-state index contributed by atoms with van der Waals surface area (Å²) < 4.78 is 11.7. The molecule has 1 aliphatic heterocycles. The zero-order valence-corrected chi connectivity index (χ0v) is 14.1. The van der Waals surface area contributed by atoms with Gasteiger partial charge in [-0.15, -0.1) is 0 Å². The Kier molecular flexibility index (Phi) is 5.29. The van der Waals surface area contributed by atoms with Gasteiger partial charge >= 0.3 is 0 Å². The van der Waals surface area contributed by atoms with Crippen molar-refractivity contribution in [3.63, 3.8) is 0 Å². The van der Waals surface area contributed by atoms with Gasteiger partial charge in [-0.1, -0.05) is 12.7 Å². The number of hydrogen-bond acceptors (Lipinski definition) is 5. The number of hydrogen-bond donors (Lipinski definition) is 1. The molecule has 1 aromatic carbocycles. The molecule has 0 aromatic heterocycles. The number of rotatable bonds is 5. The van der Waals surface area contributed by atoms with Crippen LogP contribution in [0.3, 0.4) is 0 Å². The van der Waals surface area contributed by atoms with Gasteiger partial charge in [-0.3, -0.25) is 14.9 Å². The van der Waals surface area contributed by atoms with Gasteiger partial charge in [-0.25, -0.2) is 0 Å². The highest BCUT2D eigenvalue weighted by Gasteiger charge is 2.25. The lowest BCUT2D eigenvalue weighted by Crippen LogP contribution is -2.17. The highest BCUT2D eigenvalue weighted by Crippen LogP contribution is 2.35. The molecule has 0 unspecified atom stereocenters. The maximum atomic E-state index is 11.5. The number of carbonyl (C=O) groups excluding carboxylic acids is 2. The van der Waals surface area contributed by atoms with E-state index in [-0.39, 0.29) is 11.1 Å². The Bertz CT molecular complexity index is 642. The fourth-order valence-corrected chi connectivity index (χ4v) is 3.14. The van der Waals surface area contributed by atoms with Crippen LogP contribution in [0.1, 0.15) is 5.56 Å². The Balaban J connectivity index is 2.36. The number of amides is 2. The van der Waals surface area contributed by atoms with E-state index in [0.29, 0.717) is 23.0 Å². The van der Waals surface area contributed by atoms with Crippen LogP contribution in [-0.2, 0) is 4.79 Å². The number of methoxy groups -OCH3 is 1. The second kappa shape index (κ2) is 6.99. The maximum absolute atomic E-state index is 11.5. The molecule has 5 nitrogen and oxygen atoms in total. The fraction of sp³-hybridized carbons (Fsp3) is 0.143. The van der Waals surface area contributed by atoms with Crippen LogP contribution in [0.5, 0.6) is 11.5 Å². The van der Waals surface area contributed by atoms with Crippen molar-refractivity contribution in [2.75, 3.05) is 13.7 Å². The molecule has 7 heteroatoms. The minimum absolute atomic E-state index is 0.359. The van der Waals surface area contributed by atoms with E-state index in [0.717, 1.165) is 20.9 Å². The Labute approximate surface area is 139 Å². The summed E-state index contributed by atoms with van der Waals surface area (Å²) in [7, 11) is 1.55. The van der Waals surface area contributed by atoms with Crippen molar-refractivity contribution >= 4 is 51.6 Å². The predicted octanol–water partition coefficient (Wildman–Crippen LogP) is 3.19. The molecule has 1 heterocycles. The number of halogens is 1. The Morgan fingerprint density at radius 2 is 2.19 bits per heavy atom. The number of carbonyl (C=O) groups is 2. The Morgan fingerprint density at radius 1 is 1.43 bits per heavy atom. The monoisotopic (exact) mass is 417 g/mol. The van der Waals surface area contributed by atoms with Gasteiger partial charge in [0.15, 0.2) is 11.5 Å². The van der Waals surface area contributed by atoms with Crippen LogP contribution >= 0.6 is 34.4 Å². The molecular weight excluding hydrogens is 405 g/mol. The van der Waals surface area contributed by atoms with Gasteiger partial charge < -0.3 is 9.47 Å². The number of ether oxygens (including phenoxy) is 2. The fourth-order valence-electron chi connectivity index (χ4n) is 1.68. The molecule has 2 rings (SSSR count). The third-order valence-corrected chi connectivity index (χ3v) is 4.15. The van der Waals surface area contributed by atoms with Crippen LogP contribution in [0.4, 0.5) is 4.79 Å². The molecule has 0 aliphatic carbocycles. The smallest absolute Gasteiger partial charge is 0.290 e. The largest absolute Gasteiger partial charge is 0.493 e. The third kappa shape index (κ3) is 3.79. The van der Waals surface area contributed by atoms with Crippen LogP contribution in [0.2, 0.25) is 0 Å². The van der Waals surface area contributed by atoms with Crippen LogP contribution in [0.25, 0.3) is 6.08 Å². The van der Waals surface area contributed by atoms with Gasteiger partial charge in [-0.2, -0.15) is 0 Å². The molecule has 0 atom stereocenters. The maximum Gasteiger partial charge on any atom is 0.290 e. The van der Waals surface area contributed by atoms with Gasteiger partial charge in [0.05, 0.1) is 15.6 Å². The molecule has 1 fully saturated rings. The molecule has 21 heavy (non-hydrogen) atoms. The minimum Gasteiger partial charge on any atom is -0.493 e. The summed E-state index contributed by atoms with van der Waals surface area (Å²) in [4.78, 5) is 23.1. The molecule has 110 valence electrons. The first kappa shape index (κ1) is 15.9. The number of benzene rings is 1. The first-order valence-corrected chi connectivity index (χ1v) is 7.80. The van der Waals surface area contributed by atoms with E-state index < -0.39 is 0 Å². The molecule has 0 spiro atoms.